The maximum absolute atomic E-state index is 12.6. The molecule has 1 unspecified atom stereocenters. The largest absolute Gasteiger partial charge is 0.497 e. The number of halogens is 1. The highest BCUT2D eigenvalue weighted by Crippen LogP contribution is 2.29. The van der Waals surface area contributed by atoms with E-state index in [1.54, 1.807) is 7.11 Å². The van der Waals surface area contributed by atoms with Gasteiger partial charge in [-0.05, 0) is 74.8 Å². The number of rotatable bonds is 9. The standard InChI is InChI=1S/C25H30ClN5O2S/c1-18(30-14-4-3-5-15-30)24-28-29-25(31(24)21-10-8-20(26)9-11-21)34-17-23(32)27-16-19-6-12-22(33-2)13-7-19/h6-13,18H,3-5,14-17H2,1-2H3,(H,27,32). The Labute approximate surface area is 209 Å². The summed E-state index contributed by atoms with van der Waals surface area (Å²) in [6.07, 6.45) is 3.69. The van der Waals surface area contributed by atoms with E-state index in [1.807, 2.05) is 48.5 Å². The number of likely N-dealkylation sites (tertiary alicyclic amines) is 1. The van der Waals surface area contributed by atoms with Gasteiger partial charge in [0.15, 0.2) is 11.0 Å². The molecule has 1 saturated heterocycles. The number of carbonyl (C=O) groups excluding carboxylic acids is 1. The van der Waals surface area contributed by atoms with E-state index in [0.717, 1.165) is 35.9 Å². The average Bonchev–Trinajstić information content (AvgIpc) is 3.31. The topological polar surface area (TPSA) is 72.3 Å². The SMILES string of the molecule is COc1ccc(CNC(=O)CSc2nnc(C(C)N3CCCCC3)n2-c2ccc(Cl)cc2)cc1. The summed E-state index contributed by atoms with van der Waals surface area (Å²) in [7, 11) is 1.63. The lowest BCUT2D eigenvalue weighted by molar-refractivity contribution is -0.118. The van der Waals surface area contributed by atoms with Gasteiger partial charge in [-0.15, -0.1) is 10.2 Å². The number of methoxy groups -OCH3 is 1. The molecule has 0 aliphatic carbocycles. The molecule has 0 bridgehead atoms. The van der Waals surface area contributed by atoms with Crippen LogP contribution in [0.5, 0.6) is 5.75 Å². The Morgan fingerprint density at radius 2 is 1.79 bits per heavy atom. The van der Waals surface area contributed by atoms with E-state index in [9.17, 15) is 4.79 Å². The predicted molar refractivity (Wildman–Crippen MR) is 136 cm³/mol. The first-order valence-corrected chi connectivity index (χ1v) is 12.9. The third-order valence-electron chi connectivity index (χ3n) is 6.04. The molecule has 1 N–H and O–H groups in total. The van der Waals surface area contributed by atoms with Gasteiger partial charge in [-0.1, -0.05) is 41.9 Å². The van der Waals surface area contributed by atoms with Gasteiger partial charge in [-0.3, -0.25) is 14.3 Å². The molecule has 0 spiro atoms. The number of amides is 1. The van der Waals surface area contributed by atoms with Crippen LogP contribution >= 0.6 is 23.4 Å². The van der Waals surface area contributed by atoms with Crippen LogP contribution in [0.25, 0.3) is 5.69 Å². The molecule has 1 fully saturated rings. The summed E-state index contributed by atoms with van der Waals surface area (Å²) < 4.78 is 7.23. The number of carbonyl (C=O) groups is 1. The van der Waals surface area contributed by atoms with Crippen molar-refractivity contribution in [2.75, 3.05) is 26.0 Å². The van der Waals surface area contributed by atoms with E-state index in [4.69, 9.17) is 16.3 Å². The van der Waals surface area contributed by atoms with Gasteiger partial charge >= 0.3 is 0 Å². The van der Waals surface area contributed by atoms with Crippen LogP contribution in [0.4, 0.5) is 0 Å². The van der Waals surface area contributed by atoms with Crippen LogP contribution < -0.4 is 10.1 Å². The van der Waals surface area contributed by atoms with Crippen LogP contribution in [0.3, 0.4) is 0 Å². The number of ether oxygens (including phenoxy) is 1. The van der Waals surface area contributed by atoms with Gasteiger partial charge < -0.3 is 10.1 Å². The van der Waals surface area contributed by atoms with Gasteiger partial charge in [-0.2, -0.15) is 0 Å². The summed E-state index contributed by atoms with van der Waals surface area (Å²) in [6, 6.07) is 15.4. The van der Waals surface area contributed by atoms with Gasteiger partial charge in [-0.25, -0.2) is 0 Å². The molecule has 0 saturated carbocycles. The summed E-state index contributed by atoms with van der Waals surface area (Å²) in [5.41, 5.74) is 1.95. The highest BCUT2D eigenvalue weighted by atomic mass is 35.5. The van der Waals surface area contributed by atoms with E-state index in [0.29, 0.717) is 16.7 Å². The highest BCUT2D eigenvalue weighted by Gasteiger charge is 2.25. The van der Waals surface area contributed by atoms with Crippen molar-refractivity contribution in [2.24, 2.45) is 0 Å². The minimum absolute atomic E-state index is 0.0582. The molecular formula is C25H30ClN5O2S. The molecule has 2 aromatic carbocycles. The zero-order valence-electron chi connectivity index (χ0n) is 19.5. The number of benzene rings is 2. The Hall–Kier alpha value is -2.55. The number of hydrogen-bond acceptors (Lipinski definition) is 6. The smallest absolute Gasteiger partial charge is 0.230 e. The predicted octanol–water partition coefficient (Wildman–Crippen LogP) is 4.88. The Bertz CT molecular complexity index is 1080. The van der Waals surface area contributed by atoms with E-state index < -0.39 is 0 Å². The number of thioether (sulfide) groups is 1. The minimum Gasteiger partial charge on any atom is -0.497 e. The molecule has 3 aromatic rings. The van der Waals surface area contributed by atoms with Crippen molar-refractivity contribution in [3.8, 4) is 11.4 Å². The lowest BCUT2D eigenvalue weighted by Gasteiger charge is -2.31. The third kappa shape index (κ3) is 6.11. The molecule has 1 amide bonds. The van der Waals surface area contributed by atoms with E-state index in [2.05, 4.69) is 31.9 Å². The molecule has 1 aromatic heterocycles. The number of nitrogens with one attached hydrogen (secondary N) is 1. The lowest BCUT2D eigenvalue weighted by Crippen LogP contribution is -2.33. The van der Waals surface area contributed by atoms with Gasteiger partial charge in [0.2, 0.25) is 5.91 Å². The Kier molecular flexibility index (Phi) is 8.48. The van der Waals surface area contributed by atoms with Crippen LogP contribution in [0, 0.1) is 0 Å². The van der Waals surface area contributed by atoms with Crippen molar-refractivity contribution in [2.45, 2.75) is 43.9 Å². The fraction of sp³-hybridized carbons (Fsp3) is 0.400. The molecule has 1 atom stereocenters. The molecule has 4 rings (SSSR count). The second-order valence-corrected chi connectivity index (χ2v) is 9.72. The third-order valence-corrected chi connectivity index (χ3v) is 7.22. The average molecular weight is 500 g/mol. The van der Waals surface area contributed by atoms with Crippen LogP contribution in [-0.2, 0) is 11.3 Å². The quantitative estimate of drug-likeness (QED) is 0.423. The van der Waals surface area contributed by atoms with Crippen molar-refractivity contribution < 1.29 is 9.53 Å². The lowest BCUT2D eigenvalue weighted by atomic mass is 10.1. The Balaban J connectivity index is 1.46. The number of aromatic nitrogens is 3. The Morgan fingerprint density at radius 1 is 1.09 bits per heavy atom. The first-order valence-electron chi connectivity index (χ1n) is 11.5. The zero-order chi connectivity index (χ0) is 23.9. The molecular weight excluding hydrogens is 470 g/mol. The normalized spacial score (nSPS) is 15.1. The summed E-state index contributed by atoms with van der Waals surface area (Å²) >= 11 is 7.51. The van der Waals surface area contributed by atoms with Gasteiger partial charge in [0.05, 0.1) is 18.9 Å². The van der Waals surface area contributed by atoms with E-state index >= 15 is 0 Å². The fourth-order valence-electron chi connectivity index (χ4n) is 4.07. The zero-order valence-corrected chi connectivity index (χ0v) is 21.1. The second kappa shape index (κ2) is 11.7. The summed E-state index contributed by atoms with van der Waals surface area (Å²) in [5.74, 6) is 1.86. The number of nitrogens with zero attached hydrogens (tertiary/aromatic N) is 4. The summed E-state index contributed by atoms with van der Waals surface area (Å²) in [4.78, 5) is 15.0. The molecule has 180 valence electrons. The monoisotopic (exact) mass is 499 g/mol. The molecule has 1 aliphatic rings. The van der Waals surface area contributed by atoms with Crippen molar-refractivity contribution in [3.05, 3.63) is 64.9 Å². The van der Waals surface area contributed by atoms with E-state index in [1.165, 1.54) is 31.0 Å². The minimum atomic E-state index is -0.0582. The number of piperidine rings is 1. The maximum atomic E-state index is 12.6. The molecule has 7 nitrogen and oxygen atoms in total. The highest BCUT2D eigenvalue weighted by molar-refractivity contribution is 7.99. The number of hydrogen-bond donors (Lipinski definition) is 1. The van der Waals surface area contributed by atoms with Crippen LogP contribution in [0.15, 0.2) is 53.7 Å². The van der Waals surface area contributed by atoms with Crippen LogP contribution in [-0.4, -0.2) is 51.5 Å². The van der Waals surface area contributed by atoms with Crippen molar-refractivity contribution in [1.82, 2.24) is 25.0 Å². The molecule has 34 heavy (non-hydrogen) atoms. The molecule has 9 heteroatoms. The maximum Gasteiger partial charge on any atom is 0.230 e. The summed E-state index contributed by atoms with van der Waals surface area (Å²) in [5, 5.41) is 13.4. The van der Waals surface area contributed by atoms with Crippen molar-refractivity contribution in [3.63, 3.8) is 0 Å². The van der Waals surface area contributed by atoms with Crippen LogP contribution in [0.2, 0.25) is 5.02 Å². The van der Waals surface area contributed by atoms with Crippen molar-refractivity contribution in [1.29, 1.82) is 0 Å². The van der Waals surface area contributed by atoms with Crippen molar-refractivity contribution >= 4 is 29.3 Å². The first kappa shape index (κ1) is 24.6. The fourth-order valence-corrected chi connectivity index (χ4v) is 4.99. The Morgan fingerprint density at radius 3 is 2.47 bits per heavy atom. The van der Waals surface area contributed by atoms with Gasteiger partial charge in [0, 0.05) is 17.3 Å². The molecule has 0 radical (unpaired) electrons. The second-order valence-electron chi connectivity index (χ2n) is 8.34. The first-order chi connectivity index (χ1) is 16.5. The van der Waals surface area contributed by atoms with Gasteiger partial charge in [0.25, 0.3) is 0 Å². The summed E-state index contributed by atoms with van der Waals surface area (Å²) in [6.45, 7) is 4.76. The van der Waals surface area contributed by atoms with E-state index in [-0.39, 0.29) is 17.7 Å². The molecule has 1 aliphatic heterocycles. The van der Waals surface area contributed by atoms with Crippen LogP contribution in [0.1, 0.15) is 43.6 Å². The van der Waals surface area contributed by atoms with Gasteiger partial charge in [0.1, 0.15) is 5.75 Å². The molecule has 2 heterocycles.